The Morgan fingerprint density at radius 1 is 1.24 bits per heavy atom. The van der Waals surface area contributed by atoms with Crippen molar-refractivity contribution in [2.45, 2.75) is 0 Å². The molecule has 6 heteroatoms. The van der Waals surface area contributed by atoms with E-state index in [0.717, 1.165) is 0 Å². The van der Waals surface area contributed by atoms with E-state index in [4.69, 9.17) is 14.7 Å². The van der Waals surface area contributed by atoms with E-state index in [1.807, 2.05) is 6.07 Å². The number of carbonyl (C=O) groups is 1. The van der Waals surface area contributed by atoms with Crippen LogP contribution < -0.4 is 9.47 Å². The van der Waals surface area contributed by atoms with Gasteiger partial charge in [0.25, 0.3) is 0 Å². The molecule has 2 aromatic rings. The molecular formula is C15H9BrFNO3. The molecule has 0 unspecified atom stereocenters. The van der Waals surface area contributed by atoms with Crippen molar-refractivity contribution in [2.24, 2.45) is 0 Å². The Hall–Kier alpha value is -2.39. The van der Waals surface area contributed by atoms with Crippen LogP contribution >= 0.6 is 15.9 Å². The highest BCUT2D eigenvalue weighted by Gasteiger charge is 2.11. The van der Waals surface area contributed by atoms with Gasteiger partial charge in [-0.05, 0) is 46.3 Å². The van der Waals surface area contributed by atoms with Crippen LogP contribution in [0.1, 0.15) is 5.56 Å². The van der Waals surface area contributed by atoms with Crippen LogP contribution in [0.2, 0.25) is 0 Å². The maximum atomic E-state index is 12.9. The zero-order valence-electron chi connectivity index (χ0n) is 10.7. The maximum absolute atomic E-state index is 12.9. The number of nitrogens with zero attached hydrogens (tertiary/aromatic N) is 1. The molecule has 0 radical (unpaired) electrons. The minimum absolute atomic E-state index is 0.173. The second-order valence-corrected chi connectivity index (χ2v) is 4.80. The van der Waals surface area contributed by atoms with Gasteiger partial charge >= 0.3 is 5.97 Å². The molecule has 0 heterocycles. The molecule has 0 saturated carbocycles. The highest BCUT2D eigenvalue weighted by Crippen LogP contribution is 2.25. The summed E-state index contributed by atoms with van der Waals surface area (Å²) in [6, 6.07) is 12.2. The van der Waals surface area contributed by atoms with Gasteiger partial charge in [0, 0.05) is 0 Å². The van der Waals surface area contributed by atoms with Crippen molar-refractivity contribution in [2.75, 3.05) is 6.61 Å². The minimum atomic E-state index is -0.658. The van der Waals surface area contributed by atoms with Crippen LogP contribution in [-0.2, 0) is 4.79 Å². The van der Waals surface area contributed by atoms with Gasteiger partial charge in [-0.3, -0.25) is 0 Å². The first-order chi connectivity index (χ1) is 10.1. The average molecular weight is 350 g/mol. The SMILES string of the molecule is N#Cc1ccccc1OC(=O)COc1ccc(F)cc1Br. The van der Waals surface area contributed by atoms with E-state index < -0.39 is 11.8 Å². The van der Waals surface area contributed by atoms with E-state index in [9.17, 15) is 9.18 Å². The summed E-state index contributed by atoms with van der Waals surface area (Å²) >= 11 is 3.13. The lowest BCUT2D eigenvalue weighted by Gasteiger charge is -2.09. The van der Waals surface area contributed by atoms with Gasteiger partial charge in [-0.1, -0.05) is 12.1 Å². The number of carbonyl (C=O) groups excluding carboxylic acids is 1. The molecule has 0 amide bonds. The predicted molar refractivity (Wildman–Crippen MR) is 76.4 cm³/mol. The predicted octanol–water partition coefficient (Wildman–Crippen LogP) is 3.44. The smallest absolute Gasteiger partial charge is 0.349 e. The lowest BCUT2D eigenvalue weighted by Crippen LogP contribution is -2.18. The fourth-order valence-corrected chi connectivity index (χ4v) is 1.99. The fourth-order valence-electron chi connectivity index (χ4n) is 1.53. The molecule has 0 spiro atoms. The molecule has 0 aliphatic heterocycles. The first kappa shape index (κ1) is 15.0. The summed E-state index contributed by atoms with van der Waals surface area (Å²) in [5.41, 5.74) is 0.258. The molecule has 0 aliphatic rings. The molecule has 0 atom stereocenters. The Bertz CT molecular complexity index is 712. The monoisotopic (exact) mass is 349 g/mol. The Morgan fingerprint density at radius 3 is 2.71 bits per heavy atom. The Morgan fingerprint density at radius 2 is 2.00 bits per heavy atom. The van der Waals surface area contributed by atoms with Crippen LogP contribution in [0, 0.1) is 17.1 Å². The zero-order chi connectivity index (χ0) is 15.2. The number of ether oxygens (including phenoxy) is 2. The Kier molecular flexibility index (Phi) is 4.90. The van der Waals surface area contributed by atoms with Gasteiger partial charge in [-0.2, -0.15) is 5.26 Å². The van der Waals surface area contributed by atoms with Gasteiger partial charge in [0.1, 0.15) is 23.4 Å². The van der Waals surface area contributed by atoms with Crippen molar-refractivity contribution in [3.8, 4) is 17.6 Å². The zero-order valence-corrected chi connectivity index (χ0v) is 12.3. The topological polar surface area (TPSA) is 59.3 Å². The number of benzene rings is 2. The van der Waals surface area contributed by atoms with Gasteiger partial charge in [-0.15, -0.1) is 0 Å². The summed E-state index contributed by atoms with van der Waals surface area (Å²) in [6.07, 6.45) is 0. The Balaban J connectivity index is 1.98. The van der Waals surface area contributed by atoms with E-state index in [1.54, 1.807) is 18.2 Å². The first-order valence-electron chi connectivity index (χ1n) is 5.88. The summed E-state index contributed by atoms with van der Waals surface area (Å²) in [5, 5.41) is 8.89. The third-order valence-electron chi connectivity index (χ3n) is 2.47. The molecule has 0 aromatic heterocycles. The molecule has 106 valence electrons. The number of hydrogen-bond donors (Lipinski definition) is 0. The van der Waals surface area contributed by atoms with Gasteiger partial charge in [0.2, 0.25) is 0 Å². The van der Waals surface area contributed by atoms with E-state index in [1.165, 1.54) is 24.3 Å². The van der Waals surface area contributed by atoms with Gasteiger partial charge in [0.05, 0.1) is 10.0 Å². The number of halogens is 2. The summed E-state index contributed by atoms with van der Waals surface area (Å²) in [7, 11) is 0. The second-order valence-electron chi connectivity index (χ2n) is 3.95. The third-order valence-corrected chi connectivity index (χ3v) is 3.09. The standard InChI is InChI=1S/C15H9BrFNO3/c16-12-7-11(17)5-6-14(12)20-9-15(19)21-13-4-2-1-3-10(13)8-18/h1-7H,9H2. The maximum Gasteiger partial charge on any atom is 0.349 e. The van der Waals surface area contributed by atoms with Crippen molar-refractivity contribution >= 4 is 21.9 Å². The molecule has 0 bridgehead atoms. The molecule has 0 aliphatic carbocycles. The van der Waals surface area contributed by atoms with Gasteiger partial charge in [-0.25, -0.2) is 9.18 Å². The molecule has 0 N–H and O–H groups in total. The molecule has 2 rings (SSSR count). The molecule has 0 fully saturated rings. The second kappa shape index (κ2) is 6.86. The lowest BCUT2D eigenvalue weighted by atomic mass is 10.2. The van der Waals surface area contributed by atoms with Crippen molar-refractivity contribution < 1.29 is 18.7 Å². The van der Waals surface area contributed by atoms with Gasteiger partial charge in [0.15, 0.2) is 6.61 Å². The molecule has 0 saturated heterocycles. The largest absolute Gasteiger partial charge is 0.481 e. The van der Waals surface area contributed by atoms with Crippen molar-refractivity contribution in [3.63, 3.8) is 0 Å². The molecule has 21 heavy (non-hydrogen) atoms. The van der Waals surface area contributed by atoms with Crippen LogP contribution in [0.15, 0.2) is 46.9 Å². The van der Waals surface area contributed by atoms with Crippen LogP contribution in [0.4, 0.5) is 4.39 Å². The van der Waals surface area contributed by atoms with Crippen LogP contribution in [0.5, 0.6) is 11.5 Å². The highest BCUT2D eigenvalue weighted by atomic mass is 79.9. The number of esters is 1. The van der Waals surface area contributed by atoms with Crippen molar-refractivity contribution in [1.29, 1.82) is 5.26 Å². The summed E-state index contributed by atoms with van der Waals surface area (Å²) in [6.45, 7) is -0.357. The highest BCUT2D eigenvalue weighted by molar-refractivity contribution is 9.10. The minimum Gasteiger partial charge on any atom is -0.481 e. The van der Waals surface area contributed by atoms with E-state index in [2.05, 4.69) is 15.9 Å². The van der Waals surface area contributed by atoms with Crippen molar-refractivity contribution in [1.82, 2.24) is 0 Å². The van der Waals surface area contributed by atoms with Crippen LogP contribution in [0.25, 0.3) is 0 Å². The number of nitriles is 1. The molecular weight excluding hydrogens is 341 g/mol. The van der Waals surface area contributed by atoms with Gasteiger partial charge < -0.3 is 9.47 Å². The summed E-state index contributed by atoms with van der Waals surface area (Å²) in [5.74, 6) is -0.581. The number of hydrogen-bond acceptors (Lipinski definition) is 4. The van der Waals surface area contributed by atoms with E-state index >= 15 is 0 Å². The summed E-state index contributed by atoms with van der Waals surface area (Å²) in [4.78, 5) is 11.7. The summed E-state index contributed by atoms with van der Waals surface area (Å²) < 4.78 is 23.6. The average Bonchev–Trinajstić information content (AvgIpc) is 2.47. The quantitative estimate of drug-likeness (QED) is 0.626. The molecule has 4 nitrogen and oxygen atoms in total. The van der Waals surface area contributed by atoms with Crippen LogP contribution in [0.3, 0.4) is 0 Å². The number of rotatable bonds is 4. The Labute approximate surface area is 128 Å². The lowest BCUT2D eigenvalue weighted by molar-refractivity contribution is -0.136. The van der Waals surface area contributed by atoms with Crippen LogP contribution in [-0.4, -0.2) is 12.6 Å². The normalized spacial score (nSPS) is 9.76. The fraction of sp³-hybridized carbons (Fsp3) is 0.0667. The first-order valence-corrected chi connectivity index (χ1v) is 6.67. The van der Waals surface area contributed by atoms with E-state index in [-0.39, 0.29) is 17.9 Å². The van der Waals surface area contributed by atoms with E-state index in [0.29, 0.717) is 10.2 Å². The third kappa shape index (κ3) is 4.04. The number of para-hydroxylation sites is 1. The van der Waals surface area contributed by atoms with Crippen molar-refractivity contribution in [3.05, 3.63) is 58.3 Å². The molecule has 2 aromatic carbocycles.